The summed E-state index contributed by atoms with van der Waals surface area (Å²) >= 11 is 0. The van der Waals surface area contributed by atoms with Gasteiger partial charge < -0.3 is 9.47 Å². The van der Waals surface area contributed by atoms with Gasteiger partial charge in [-0.05, 0) is 38.5 Å². The van der Waals surface area contributed by atoms with Crippen LogP contribution in [-0.4, -0.2) is 25.2 Å². The summed E-state index contributed by atoms with van der Waals surface area (Å²) in [4.78, 5) is 24.7. The maximum atomic E-state index is 12.3. The molecule has 2 atom stereocenters. The molecule has 2 aliphatic carbocycles. The van der Waals surface area contributed by atoms with Gasteiger partial charge in [0.15, 0.2) is 5.41 Å². The zero-order valence-corrected chi connectivity index (χ0v) is 12.3. The fraction of sp³-hybridized carbons (Fsp3) is 0.625. The summed E-state index contributed by atoms with van der Waals surface area (Å²) in [5.74, 6) is -0.397. The highest BCUT2D eigenvalue weighted by Crippen LogP contribution is 2.49. The van der Waals surface area contributed by atoms with E-state index in [4.69, 9.17) is 9.47 Å². The van der Waals surface area contributed by atoms with Crippen LogP contribution in [0.25, 0.3) is 0 Å². The Balaban J connectivity index is 2.30. The molecule has 1 saturated carbocycles. The first-order valence-corrected chi connectivity index (χ1v) is 7.27. The third kappa shape index (κ3) is 2.51. The van der Waals surface area contributed by atoms with E-state index in [9.17, 15) is 9.59 Å². The molecule has 0 aromatic heterocycles. The van der Waals surface area contributed by atoms with Crippen molar-refractivity contribution in [2.45, 2.75) is 33.6 Å². The van der Waals surface area contributed by atoms with Crippen molar-refractivity contribution in [3.05, 3.63) is 23.8 Å². The van der Waals surface area contributed by atoms with Gasteiger partial charge in [0.05, 0.1) is 13.2 Å². The number of hydrogen-bond acceptors (Lipinski definition) is 4. The van der Waals surface area contributed by atoms with Gasteiger partial charge in [-0.15, -0.1) is 0 Å². The molecule has 0 saturated heterocycles. The van der Waals surface area contributed by atoms with Crippen molar-refractivity contribution in [3.8, 4) is 0 Å². The summed E-state index contributed by atoms with van der Waals surface area (Å²) in [6.45, 7) is 6.14. The lowest BCUT2D eigenvalue weighted by atomic mass is 9.85. The van der Waals surface area contributed by atoms with Crippen LogP contribution in [0.5, 0.6) is 0 Å². The molecule has 0 bridgehead atoms. The Morgan fingerprint density at radius 1 is 1.20 bits per heavy atom. The summed E-state index contributed by atoms with van der Waals surface area (Å²) in [7, 11) is 0. The Morgan fingerprint density at radius 3 is 2.35 bits per heavy atom. The second-order valence-corrected chi connectivity index (χ2v) is 5.50. The van der Waals surface area contributed by atoms with Crippen LogP contribution in [0.3, 0.4) is 0 Å². The molecule has 4 nitrogen and oxygen atoms in total. The molecule has 20 heavy (non-hydrogen) atoms. The molecule has 0 aromatic rings. The van der Waals surface area contributed by atoms with Gasteiger partial charge in [-0.2, -0.15) is 0 Å². The average Bonchev–Trinajstić information content (AvgIpc) is 2.79. The smallest absolute Gasteiger partial charge is 0.323 e. The number of esters is 2. The van der Waals surface area contributed by atoms with Crippen LogP contribution >= 0.6 is 0 Å². The summed E-state index contributed by atoms with van der Waals surface area (Å²) < 4.78 is 10.3. The maximum Gasteiger partial charge on any atom is 0.323 e. The molecule has 2 aliphatic rings. The zero-order valence-electron chi connectivity index (χ0n) is 12.3. The first-order valence-electron chi connectivity index (χ1n) is 7.27. The van der Waals surface area contributed by atoms with Crippen molar-refractivity contribution >= 4 is 11.9 Å². The van der Waals surface area contributed by atoms with Crippen LogP contribution in [0.4, 0.5) is 0 Å². The lowest BCUT2D eigenvalue weighted by molar-refractivity contribution is -0.171. The SMILES string of the molecule is CCOC(=O)C1(C(=O)OCC)CC2=C[C@H](C)C=C[C@@H]2C1. The first kappa shape index (κ1) is 14.8. The molecule has 0 aliphatic heterocycles. The molecule has 0 N–H and O–H groups in total. The molecule has 4 heteroatoms. The Bertz CT molecular complexity index is 443. The molecule has 110 valence electrons. The van der Waals surface area contributed by atoms with E-state index in [1.54, 1.807) is 13.8 Å². The van der Waals surface area contributed by atoms with E-state index in [2.05, 4.69) is 25.2 Å². The number of rotatable bonds is 4. The number of allylic oxidation sites excluding steroid dienone is 4. The second-order valence-electron chi connectivity index (χ2n) is 5.50. The first-order chi connectivity index (χ1) is 9.53. The monoisotopic (exact) mass is 278 g/mol. The van der Waals surface area contributed by atoms with E-state index in [0.717, 1.165) is 5.57 Å². The fourth-order valence-corrected chi connectivity index (χ4v) is 3.07. The third-order valence-corrected chi connectivity index (χ3v) is 4.01. The molecular weight excluding hydrogens is 256 g/mol. The quantitative estimate of drug-likeness (QED) is 0.450. The van der Waals surface area contributed by atoms with E-state index < -0.39 is 17.4 Å². The summed E-state index contributed by atoms with van der Waals surface area (Å²) in [5, 5.41) is 0. The van der Waals surface area contributed by atoms with Gasteiger partial charge in [0.1, 0.15) is 0 Å². The van der Waals surface area contributed by atoms with Crippen LogP contribution in [0.15, 0.2) is 23.8 Å². The maximum absolute atomic E-state index is 12.3. The second kappa shape index (κ2) is 5.81. The Morgan fingerprint density at radius 2 is 1.80 bits per heavy atom. The van der Waals surface area contributed by atoms with Gasteiger partial charge >= 0.3 is 11.9 Å². The largest absolute Gasteiger partial charge is 0.465 e. The van der Waals surface area contributed by atoms with Crippen molar-refractivity contribution < 1.29 is 19.1 Å². The van der Waals surface area contributed by atoms with Crippen LogP contribution in [0.1, 0.15) is 33.6 Å². The van der Waals surface area contributed by atoms with Gasteiger partial charge in [0.25, 0.3) is 0 Å². The third-order valence-electron chi connectivity index (χ3n) is 4.01. The Labute approximate surface area is 119 Å². The predicted octanol–water partition coefficient (Wildman–Crippen LogP) is 2.64. The Kier molecular flexibility index (Phi) is 4.31. The van der Waals surface area contributed by atoms with Crippen LogP contribution in [0.2, 0.25) is 0 Å². The lowest BCUT2D eigenvalue weighted by Gasteiger charge is -2.23. The number of fused-ring (bicyclic) bond motifs is 1. The summed E-state index contributed by atoms with van der Waals surface area (Å²) in [5.41, 5.74) is -0.00203. The standard InChI is InChI=1S/C16H22O4/c1-4-19-14(17)16(15(18)20-5-2)9-12-7-6-11(3)8-13(12)10-16/h6-8,11-12H,4-5,9-10H2,1-3H3/t11-,12-/m1/s1. The molecule has 0 unspecified atom stereocenters. The van der Waals surface area contributed by atoms with Gasteiger partial charge in [0, 0.05) is 0 Å². The number of carbonyl (C=O) groups is 2. The average molecular weight is 278 g/mol. The topological polar surface area (TPSA) is 52.6 Å². The fourth-order valence-electron chi connectivity index (χ4n) is 3.07. The minimum Gasteiger partial charge on any atom is -0.465 e. The summed E-state index contributed by atoms with van der Waals surface area (Å²) in [6.07, 6.45) is 7.23. The number of ether oxygens (including phenoxy) is 2. The van der Waals surface area contributed by atoms with Gasteiger partial charge in [0.2, 0.25) is 0 Å². The van der Waals surface area contributed by atoms with E-state index in [-0.39, 0.29) is 19.1 Å². The van der Waals surface area contributed by atoms with Crippen LogP contribution in [-0.2, 0) is 19.1 Å². The summed E-state index contributed by atoms with van der Waals surface area (Å²) in [6, 6.07) is 0. The van der Waals surface area contributed by atoms with E-state index >= 15 is 0 Å². The van der Waals surface area contributed by atoms with E-state index in [1.165, 1.54) is 0 Å². The van der Waals surface area contributed by atoms with E-state index in [1.807, 2.05) is 0 Å². The van der Waals surface area contributed by atoms with Crippen LogP contribution < -0.4 is 0 Å². The number of hydrogen-bond donors (Lipinski definition) is 0. The highest BCUT2D eigenvalue weighted by atomic mass is 16.6. The minimum absolute atomic E-state index is 0.153. The van der Waals surface area contributed by atoms with Crippen LogP contribution in [0, 0.1) is 17.3 Å². The molecule has 0 heterocycles. The molecule has 0 spiro atoms. The lowest BCUT2D eigenvalue weighted by Crippen LogP contribution is -2.40. The van der Waals surface area contributed by atoms with Crippen molar-refractivity contribution in [3.63, 3.8) is 0 Å². The number of carbonyl (C=O) groups excluding carboxylic acids is 2. The van der Waals surface area contributed by atoms with Gasteiger partial charge in [-0.25, -0.2) is 0 Å². The molecule has 0 aromatic carbocycles. The predicted molar refractivity (Wildman–Crippen MR) is 74.8 cm³/mol. The highest BCUT2D eigenvalue weighted by Gasteiger charge is 2.55. The zero-order chi connectivity index (χ0) is 14.8. The molecule has 0 amide bonds. The molecule has 2 rings (SSSR count). The van der Waals surface area contributed by atoms with Gasteiger partial charge in [-0.1, -0.05) is 30.7 Å². The minimum atomic E-state index is -1.16. The highest BCUT2D eigenvalue weighted by molar-refractivity contribution is 6.01. The van der Waals surface area contributed by atoms with Crippen molar-refractivity contribution in [2.24, 2.45) is 17.3 Å². The molecule has 1 fully saturated rings. The van der Waals surface area contributed by atoms with Gasteiger partial charge in [-0.3, -0.25) is 9.59 Å². The molecule has 0 radical (unpaired) electrons. The van der Waals surface area contributed by atoms with Crippen molar-refractivity contribution in [1.29, 1.82) is 0 Å². The normalized spacial score (nSPS) is 26.6. The molecular formula is C16H22O4. The van der Waals surface area contributed by atoms with Crippen molar-refractivity contribution in [1.82, 2.24) is 0 Å². The van der Waals surface area contributed by atoms with E-state index in [0.29, 0.717) is 18.8 Å². The van der Waals surface area contributed by atoms with Crippen molar-refractivity contribution in [2.75, 3.05) is 13.2 Å². The Hall–Kier alpha value is -1.58.